The number of nitro groups is 1. The molecule has 1 N–H and O–H groups in total. The van der Waals surface area contributed by atoms with Crippen LogP contribution < -0.4 is 14.8 Å². The molecular weight excluding hydrogens is 426 g/mol. The zero-order valence-corrected chi connectivity index (χ0v) is 18.2. The summed E-state index contributed by atoms with van der Waals surface area (Å²) in [6.07, 6.45) is 1.43. The summed E-state index contributed by atoms with van der Waals surface area (Å²) in [7, 11) is 2.76. The fourth-order valence-electron chi connectivity index (χ4n) is 3.44. The smallest absolute Gasteiger partial charge is 0.286 e. The summed E-state index contributed by atoms with van der Waals surface area (Å²) in [6.45, 7) is 3.24. The number of carbonyl (C=O) groups excluding carboxylic acids is 2. The van der Waals surface area contributed by atoms with Gasteiger partial charge in [0.2, 0.25) is 0 Å². The number of benzene rings is 1. The molecule has 0 atom stereocenters. The molecule has 2 heterocycles. The van der Waals surface area contributed by atoms with E-state index in [0.717, 1.165) is 11.5 Å². The van der Waals surface area contributed by atoms with Gasteiger partial charge >= 0.3 is 0 Å². The van der Waals surface area contributed by atoms with E-state index in [9.17, 15) is 19.7 Å². The lowest BCUT2D eigenvalue weighted by atomic mass is 9.96. The van der Waals surface area contributed by atoms with Crippen molar-refractivity contribution in [2.45, 2.75) is 19.8 Å². The van der Waals surface area contributed by atoms with E-state index in [1.807, 2.05) is 0 Å². The monoisotopic (exact) mass is 449 g/mol. The molecular formula is C19H23N5O6S. The highest BCUT2D eigenvalue weighted by atomic mass is 32.1. The predicted molar refractivity (Wildman–Crippen MR) is 112 cm³/mol. The molecule has 1 aliphatic rings. The van der Waals surface area contributed by atoms with Crippen LogP contribution in [0.3, 0.4) is 0 Å². The van der Waals surface area contributed by atoms with E-state index in [1.54, 1.807) is 11.8 Å². The Morgan fingerprint density at radius 3 is 2.45 bits per heavy atom. The van der Waals surface area contributed by atoms with E-state index < -0.39 is 10.8 Å². The van der Waals surface area contributed by atoms with Crippen molar-refractivity contribution in [1.82, 2.24) is 19.8 Å². The second-order valence-electron chi connectivity index (χ2n) is 7.11. The summed E-state index contributed by atoms with van der Waals surface area (Å²) in [4.78, 5) is 38.3. The first-order chi connectivity index (χ1) is 14.8. The van der Waals surface area contributed by atoms with E-state index in [1.165, 1.54) is 26.4 Å². The molecule has 1 aliphatic heterocycles. The number of rotatable bonds is 7. The van der Waals surface area contributed by atoms with Crippen molar-refractivity contribution in [3.8, 4) is 11.5 Å². The molecule has 0 saturated carbocycles. The molecule has 0 unspecified atom stereocenters. The molecule has 12 heteroatoms. The van der Waals surface area contributed by atoms with E-state index >= 15 is 0 Å². The van der Waals surface area contributed by atoms with Crippen molar-refractivity contribution in [1.29, 1.82) is 0 Å². The number of aromatic nitrogens is 2. The van der Waals surface area contributed by atoms with Gasteiger partial charge in [-0.05, 0) is 37.2 Å². The maximum Gasteiger partial charge on any atom is 0.286 e. The van der Waals surface area contributed by atoms with Gasteiger partial charge in [-0.1, -0.05) is 4.49 Å². The number of nitrogens with zero attached hydrogens (tertiary/aromatic N) is 4. The average molecular weight is 449 g/mol. The number of nitro benzene ring substituents is 1. The van der Waals surface area contributed by atoms with Crippen LogP contribution in [-0.2, 0) is 0 Å². The number of piperidine rings is 1. The van der Waals surface area contributed by atoms with Crippen LogP contribution in [0.15, 0.2) is 12.1 Å². The lowest BCUT2D eigenvalue weighted by molar-refractivity contribution is -0.385. The third-order valence-electron chi connectivity index (χ3n) is 5.24. The molecule has 1 fully saturated rings. The van der Waals surface area contributed by atoms with Crippen molar-refractivity contribution in [2.24, 2.45) is 5.92 Å². The van der Waals surface area contributed by atoms with Crippen molar-refractivity contribution >= 4 is 29.0 Å². The number of aryl methyl sites for hydroxylation is 1. The van der Waals surface area contributed by atoms with Gasteiger partial charge < -0.3 is 19.7 Å². The Hall–Kier alpha value is -3.28. The van der Waals surface area contributed by atoms with Gasteiger partial charge in [-0.15, -0.1) is 5.10 Å². The summed E-state index contributed by atoms with van der Waals surface area (Å²) < 4.78 is 14.0. The first-order valence-electron chi connectivity index (χ1n) is 9.62. The summed E-state index contributed by atoms with van der Waals surface area (Å²) in [5.74, 6) is -0.0616. The molecule has 0 bridgehead atoms. The van der Waals surface area contributed by atoms with Gasteiger partial charge in [0.05, 0.1) is 30.9 Å². The van der Waals surface area contributed by atoms with Crippen molar-refractivity contribution in [3.63, 3.8) is 0 Å². The van der Waals surface area contributed by atoms with Gasteiger partial charge in [-0.25, -0.2) is 0 Å². The number of hydrogen-bond acceptors (Lipinski definition) is 9. The molecule has 0 spiro atoms. The molecule has 0 radical (unpaired) electrons. The Morgan fingerprint density at radius 2 is 1.90 bits per heavy atom. The zero-order valence-electron chi connectivity index (χ0n) is 17.4. The number of hydrogen-bond donors (Lipinski definition) is 1. The van der Waals surface area contributed by atoms with Crippen LogP contribution in [0.25, 0.3) is 0 Å². The molecule has 1 aromatic heterocycles. The van der Waals surface area contributed by atoms with Gasteiger partial charge in [0.25, 0.3) is 17.5 Å². The second-order valence-corrected chi connectivity index (χ2v) is 7.87. The third kappa shape index (κ3) is 4.90. The first kappa shape index (κ1) is 22.4. The van der Waals surface area contributed by atoms with Crippen LogP contribution >= 0.6 is 11.5 Å². The molecule has 1 saturated heterocycles. The summed E-state index contributed by atoms with van der Waals surface area (Å²) in [6, 6.07) is 2.48. The number of methoxy groups -OCH3 is 2. The predicted octanol–water partition coefficient (Wildman–Crippen LogP) is 2.05. The van der Waals surface area contributed by atoms with Gasteiger partial charge in [0.15, 0.2) is 11.5 Å². The number of amides is 2. The largest absolute Gasteiger partial charge is 0.493 e. The first-order valence-corrected chi connectivity index (χ1v) is 10.4. The molecule has 3 rings (SSSR count). The topological polar surface area (TPSA) is 137 Å². The number of carbonyl (C=O) groups is 2. The minimum atomic E-state index is -0.628. The normalized spacial score (nSPS) is 14.2. The fourth-order valence-corrected chi connectivity index (χ4v) is 4.07. The maximum absolute atomic E-state index is 12.7. The lowest BCUT2D eigenvalue weighted by Crippen LogP contribution is -2.41. The third-order valence-corrected chi connectivity index (χ3v) is 6.06. The zero-order chi connectivity index (χ0) is 22.5. The summed E-state index contributed by atoms with van der Waals surface area (Å²) in [5.41, 5.74) is 0.174. The van der Waals surface area contributed by atoms with Gasteiger partial charge in [0, 0.05) is 25.7 Å². The highest BCUT2D eigenvalue weighted by molar-refractivity contribution is 7.07. The second kappa shape index (κ2) is 9.69. The minimum Gasteiger partial charge on any atom is -0.493 e. The van der Waals surface area contributed by atoms with Crippen LogP contribution in [-0.4, -0.2) is 65.1 Å². The van der Waals surface area contributed by atoms with Crippen LogP contribution in [0.4, 0.5) is 5.69 Å². The average Bonchev–Trinajstić information content (AvgIpc) is 3.21. The van der Waals surface area contributed by atoms with E-state index in [0.29, 0.717) is 43.0 Å². The standard InChI is InChI=1S/C19H23N5O6S/c1-11-17(31-22-21-11)19(26)23-6-4-12(5-7-23)10-20-18(25)13-8-15(29-2)16(30-3)9-14(13)24(27)28/h8-9,12H,4-7,10H2,1-3H3,(H,20,25). The number of nitrogens with one attached hydrogen (secondary N) is 1. The van der Waals surface area contributed by atoms with E-state index in [4.69, 9.17) is 9.47 Å². The maximum atomic E-state index is 12.7. The molecule has 2 aromatic rings. The molecule has 11 nitrogen and oxygen atoms in total. The lowest BCUT2D eigenvalue weighted by Gasteiger charge is -2.31. The van der Waals surface area contributed by atoms with Gasteiger partial charge in [0.1, 0.15) is 10.4 Å². The fraction of sp³-hybridized carbons (Fsp3) is 0.474. The quantitative estimate of drug-likeness (QED) is 0.501. The molecule has 31 heavy (non-hydrogen) atoms. The van der Waals surface area contributed by atoms with Gasteiger partial charge in [-0.2, -0.15) is 0 Å². The van der Waals surface area contributed by atoms with Crippen molar-refractivity contribution in [2.75, 3.05) is 33.9 Å². The van der Waals surface area contributed by atoms with E-state index in [2.05, 4.69) is 14.9 Å². The van der Waals surface area contributed by atoms with Crippen LogP contribution in [0.2, 0.25) is 0 Å². The minimum absolute atomic E-state index is 0.0732. The molecule has 166 valence electrons. The Labute approximate surface area is 182 Å². The Bertz CT molecular complexity index is 986. The van der Waals surface area contributed by atoms with Crippen molar-refractivity contribution in [3.05, 3.63) is 38.4 Å². The SMILES string of the molecule is COc1cc(C(=O)NCC2CCN(C(=O)c3snnc3C)CC2)c([N+](=O)[O-])cc1OC. The Morgan fingerprint density at radius 1 is 1.26 bits per heavy atom. The molecule has 2 amide bonds. The van der Waals surface area contributed by atoms with Crippen LogP contribution in [0.5, 0.6) is 11.5 Å². The Balaban J connectivity index is 1.60. The van der Waals surface area contributed by atoms with Gasteiger partial charge in [-0.3, -0.25) is 19.7 Å². The summed E-state index contributed by atoms with van der Waals surface area (Å²) >= 11 is 1.09. The van der Waals surface area contributed by atoms with Crippen LogP contribution in [0.1, 0.15) is 38.6 Å². The highest BCUT2D eigenvalue weighted by Gasteiger charge is 2.28. The van der Waals surface area contributed by atoms with E-state index in [-0.39, 0.29) is 34.6 Å². The molecule has 0 aliphatic carbocycles. The van der Waals surface area contributed by atoms with Crippen LogP contribution in [0, 0.1) is 23.0 Å². The molecule has 1 aromatic carbocycles. The number of likely N-dealkylation sites (tertiary alicyclic amines) is 1. The highest BCUT2D eigenvalue weighted by Crippen LogP contribution is 2.34. The Kier molecular flexibility index (Phi) is 7.00. The van der Waals surface area contributed by atoms with Crippen molar-refractivity contribution < 1.29 is 24.0 Å². The number of ether oxygens (including phenoxy) is 2. The summed E-state index contributed by atoms with van der Waals surface area (Å²) in [5, 5.41) is 18.1.